The minimum Gasteiger partial charge on any atom is -0.481 e. The Kier molecular flexibility index (Phi) is 5.80. The lowest BCUT2D eigenvalue weighted by Gasteiger charge is -2.14. The molecule has 1 aromatic heterocycles. The average molecular weight is 316 g/mol. The summed E-state index contributed by atoms with van der Waals surface area (Å²) in [6.07, 6.45) is 0.850. The van der Waals surface area contributed by atoms with E-state index in [9.17, 15) is 9.59 Å². The zero-order chi connectivity index (χ0) is 16.7. The van der Waals surface area contributed by atoms with E-state index in [1.165, 1.54) is 6.26 Å². The monoisotopic (exact) mass is 316 g/mol. The third-order valence-electron chi connectivity index (χ3n) is 3.17. The Morgan fingerprint density at radius 2 is 1.91 bits per heavy atom. The molecule has 0 aliphatic heterocycles. The second kappa shape index (κ2) is 8.03. The molecule has 1 atom stereocenters. The topological polar surface area (TPSA) is 80.6 Å². The van der Waals surface area contributed by atoms with E-state index in [1.807, 2.05) is 19.1 Å². The highest BCUT2D eigenvalue weighted by atomic mass is 16.5. The van der Waals surface area contributed by atoms with Crippen LogP contribution >= 0.6 is 0 Å². The van der Waals surface area contributed by atoms with Crippen molar-refractivity contribution in [3.05, 3.63) is 54.0 Å². The van der Waals surface area contributed by atoms with E-state index in [1.54, 1.807) is 31.2 Å². The molecule has 2 rings (SSSR count). The quantitative estimate of drug-likeness (QED) is 0.816. The van der Waals surface area contributed by atoms with Gasteiger partial charge in [0.25, 0.3) is 5.91 Å². The number of benzene rings is 1. The van der Waals surface area contributed by atoms with Crippen LogP contribution in [0.15, 0.2) is 47.1 Å². The van der Waals surface area contributed by atoms with Gasteiger partial charge >= 0.3 is 0 Å². The van der Waals surface area contributed by atoms with Crippen molar-refractivity contribution in [2.75, 3.05) is 6.54 Å². The molecule has 1 unspecified atom stereocenters. The molecule has 0 saturated carbocycles. The van der Waals surface area contributed by atoms with Crippen molar-refractivity contribution >= 4 is 11.8 Å². The highest BCUT2D eigenvalue weighted by Crippen LogP contribution is 2.13. The predicted octanol–water partition coefficient (Wildman–Crippen LogP) is 1.79. The standard InChI is InChI=1S/C17H20N2O4/c1-12-5-7-14(8-6-12)23-13(2)17(21)19-11-16(20)18-10-15-4-3-9-22-15/h3-9,13H,10-11H2,1-2H3,(H,18,20)(H,19,21). The molecule has 6 heteroatoms. The summed E-state index contributed by atoms with van der Waals surface area (Å²) >= 11 is 0. The molecule has 23 heavy (non-hydrogen) atoms. The third-order valence-corrected chi connectivity index (χ3v) is 3.17. The number of hydrogen-bond acceptors (Lipinski definition) is 4. The summed E-state index contributed by atoms with van der Waals surface area (Å²) in [5, 5.41) is 5.18. The normalized spacial score (nSPS) is 11.6. The van der Waals surface area contributed by atoms with E-state index in [4.69, 9.17) is 9.15 Å². The van der Waals surface area contributed by atoms with Crippen molar-refractivity contribution in [1.29, 1.82) is 0 Å². The third kappa shape index (κ3) is 5.50. The van der Waals surface area contributed by atoms with Gasteiger partial charge in [-0.2, -0.15) is 0 Å². The van der Waals surface area contributed by atoms with Crippen LogP contribution in [-0.4, -0.2) is 24.5 Å². The van der Waals surface area contributed by atoms with Crippen LogP contribution in [0.3, 0.4) is 0 Å². The van der Waals surface area contributed by atoms with Crippen LogP contribution in [-0.2, 0) is 16.1 Å². The van der Waals surface area contributed by atoms with Crippen molar-refractivity contribution in [3.63, 3.8) is 0 Å². The van der Waals surface area contributed by atoms with E-state index in [2.05, 4.69) is 10.6 Å². The lowest BCUT2D eigenvalue weighted by atomic mass is 10.2. The Morgan fingerprint density at radius 3 is 2.57 bits per heavy atom. The van der Waals surface area contributed by atoms with E-state index < -0.39 is 6.10 Å². The summed E-state index contributed by atoms with van der Waals surface area (Å²) in [4.78, 5) is 23.6. The molecule has 1 heterocycles. The van der Waals surface area contributed by atoms with Gasteiger partial charge in [-0.15, -0.1) is 0 Å². The first-order valence-electron chi connectivity index (χ1n) is 7.34. The zero-order valence-corrected chi connectivity index (χ0v) is 13.2. The second-order valence-electron chi connectivity index (χ2n) is 5.15. The molecule has 0 bridgehead atoms. The van der Waals surface area contributed by atoms with Crippen molar-refractivity contribution in [3.8, 4) is 5.75 Å². The largest absolute Gasteiger partial charge is 0.481 e. The lowest BCUT2D eigenvalue weighted by Crippen LogP contribution is -2.42. The fraction of sp³-hybridized carbons (Fsp3) is 0.294. The SMILES string of the molecule is Cc1ccc(OC(C)C(=O)NCC(=O)NCc2ccco2)cc1. The van der Waals surface area contributed by atoms with Crippen LogP contribution in [0, 0.1) is 6.92 Å². The van der Waals surface area contributed by atoms with Crippen LogP contribution in [0.1, 0.15) is 18.2 Å². The summed E-state index contributed by atoms with van der Waals surface area (Å²) in [6, 6.07) is 10.9. The van der Waals surface area contributed by atoms with Crippen molar-refractivity contribution in [1.82, 2.24) is 10.6 Å². The number of hydrogen-bond donors (Lipinski definition) is 2. The summed E-state index contributed by atoms with van der Waals surface area (Å²) in [5.74, 6) is 0.622. The zero-order valence-electron chi connectivity index (χ0n) is 13.2. The number of amides is 2. The number of rotatable bonds is 7. The fourth-order valence-corrected chi connectivity index (χ4v) is 1.85. The number of carbonyl (C=O) groups is 2. The van der Waals surface area contributed by atoms with Gasteiger partial charge < -0.3 is 19.8 Å². The van der Waals surface area contributed by atoms with E-state index in [0.29, 0.717) is 11.5 Å². The maximum atomic E-state index is 11.9. The minimum atomic E-state index is -0.685. The molecule has 0 spiro atoms. The molecule has 2 N–H and O–H groups in total. The molecule has 0 fully saturated rings. The molecule has 0 aliphatic rings. The smallest absolute Gasteiger partial charge is 0.261 e. The van der Waals surface area contributed by atoms with Gasteiger partial charge in [-0.05, 0) is 38.1 Å². The first-order valence-corrected chi connectivity index (χ1v) is 7.34. The second-order valence-corrected chi connectivity index (χ2v) is 5.15. The highest BCUT2D eigenvalue weighted by Gasteiger charge is 2.15. The van der Waals surface area contributed by atoms with Gasteiger partial charge in [0.05, 0.1) is 19.4 Å². The Labute approximate surface area is 134 Å². The summed E-state index contributed by atoms with van der Waals surface area (Å²) < 4.78 is 10.6. The fourth-order valence-electron chi connectivity index (χ4n) is 1.85. The molecular formula is C17H20N2O4. The number of furan rings is 1. The van der Waals surface area contributed by atoms with Crippen LogP contribution in [0.2, 0.25) is 0 Å². The molecule has 1 aromatic carbocycles. The molecule has 6 nitrogen and oxygen atoms in total. The lowest BCUT2D eigenvalue weighted by molar-refractivity contribution is -0.130. The van der Waals surface area contributed by atoms with Gasteiger partial charge in [-0.1, -0.05) is 17.7 Å². The number of aryl methyl sites for hydroxylation is 1. The highest BCUT2D eigenvalue weighted by molar-refractivity contribution is 5.86. The number of carbonyl (C=O) groups excluding carboxylic acids is 2. The molecule has 2 aromatic rings. The minimum absolute atomic E-state index is 0.110. The van der Waals surface area contributed by atoms with Gasteiger partial charge in [0.15, 0.2) is 6.10 Å². The van der Waals surface area contributed by atoms with Crippen LogP contribution < -0.4 is 15.4 Å². The van der Waals surface area contributed by atoms with Gasteiger partial charge in [-0.3, -0.25) is 9.59 Å². The first kappa shape index (κ1) is 16.6. The Hall–Kier alpha value is -2.76. The number of ether oxygens (including phenoxy) is 1. The number of nitrogens with one attached hydrogen (secondary N) is 2. The van der Waals surface area contributed by atoms with E-state index >= 15 is 0 Å². The molecular weight excluding hydrogens is 296 g/mol. The van der Waals surface area contributed by atoms with Gasteiger partial charge in [0.1, 0.15) is 11.5 Å². The van der Waals surface area contributed by atoms with E-state index in [-0.39, 0.29) is 24.9 Å². The molecule has 0 aliphatic carbocycles. The van der Waals surface area contributed by atoms with Crippen LogP contribution in [0.25, 0.3) is 0 Å². The molecule has 0 saturated heterocycles. The maximum absolute atomic E-state index is 11.9. The summed E-state index contributed by atoms with van der Waals surface area (Å²) in [7, 11) is 0. The maximum Gasteiger partial charge on any atom is 0.261 e. The Morgan fingerprint density at radius 1 is 1.17 bits per heavy atom. The summed E-state index contributed by atoms with van der Waals surface area (Å²) in [5.41, 5.74) is 1.11. The van der Waals surface area contributed by atoms with Crippen molar-refractivity contribution in [2.45, 2.75) is 26.5 Å². The van der Waals surface area contributed by atoms with Gasteiger partial charge in [-0.25, -0.2) is 0 Å². The average Bonchev–Trinajstić information content (AvgIpc) is 3.06. The van der Waals surface area contributed by atoms with Crippen molar-refractivity contribution in [2.24, 2.45) is 0 Å². The van der Waals surface area contributed by atoms with Gasteiger partial charge in [0, 0.05) is 0 Å². The van der Waals surface area contributed by atoms with Gasteiger partial charge in [0.2, 0.25) is 5.91 Å². The molecule has 122 valence electrons. The summed E-state index contributed by atoms with van der Waals surface area (Å²) in [6.45, 7) is 3.79. The van der Waals surface area contributed by atoms with Crippen LogP contribution in [0.5, 0.6) is 5.75 Å². The van der Waals surface area contributed by atoms with Crippen LogP contribution in [0.4, 0.5) is 0 Å². The van der Waals surface area contributed by atoms with Crippen molar-refractivity contribution < 1.29 is 18.7 Å². The Balaban J connectivity index is 1.70. The first-order chi connectivity index (χ1) is 11.0. The molecule has 2 amide bonds. The predicted molar refractivity (Wildman–Crippen MR) is 84.8 cm³/mol. The molecule has 0 radical (unpaired) electrons. The van der Waals surface area contributed by atoms with E-state index in [0.717, 1.165) is 5.56 Å². The Bertz CT molecular complexity index is 635.